The lowest BCUT2D eigenvalue weighted by Gasteiger charge is -2.35. The molecule has 0 atom stereocenters. The van der Waals surface area contributed by atoms with E-state index >= 15 is 0 Å². The minimum absolute atomic E-state index is 0.000602. The molecule has 6 nitrogen and oxygen atoms in total. The maximum Gasteiger partial charge on any atom is 0.289 e. The lowest BCUT2D eigenvalue weighted by atomic mass is 10.0. The highest BCUT2D eigenvalue weighted by Gasteiger charge is 2.38. The van der Waals surface area contributed by atoms with E-state index in [0.29, 0.717) is 31.5 Å². The predicted octanol–water partition coefficient (Wildman–Crippen LogP) is 2.47. The van der Waals surface area contributed by atoms with Gasteiger partial charge in [0.15, 0.2) is 0 Å². The van der Waals surface area contributed by atoms with Gasteiger partial charge in [0.2, 0.25) is 5.91 Å². The average Bonchev–Trinajstić information content (AvgIpc) is 3.18. The Labute approximate surface area is 143 Å². The Hall–Kier alpha value is -2.28. The Morgan fingerprint density at radius 2 is 1.92 bits per heavy atom. The first-order chi connectivity index (χ1) is 11.6. The van der Waals surface area contributed by atoms with Crippen molar-refractivity contribution in [1.29, 1.82) is 0 Å². The first kappa shape index (κ1) is 15.3. The molecule has 7 heteroatoms. The van der Waals surface area contributed by atoms with Crippen molar-refractivity contribution in [3.8, 4) is 0 Å². The van der Waals surface area contributed by atoms with Crippen LogP contribution in [0.3, 0.4) is 0 Å². The van der Waals surface area contributed by atoms with Crippen molar-refractivity contribution in [1.82, 2.24) is 14.8 Å². The molecule has 2 fully saturated rings. The summed E-state index contributed by atoms with van der Waals surface area (Å²) in [6.45, 7) is 1.12. The molecule has 1 aromatic carbocycles. The van der Waals surface area contributed by atoms with E-state index in [1.807, 2.05) is 29.2 Å². The number of piperidine rings is 1. The van der Waals surface area contributed by atoms with Crippen LogP contribution in [0, 0.1) is 0 Å². The number of benzene rings is 1. The summed E-state index contributed by atoms with van der Waals surface area (Å²) in [5.41, 5.74) is 1.62. The van der Waals surface area contributed by atoms with Gasteiger partial charge >= 0.3 is 0 Å². The Bertz CT molecular complexity index is 807. The summed E-state index contributed by atoms with van der Waals surface area (Å²) in [6, 6.07) is 7.65. The first-order valence-electron chi connectivity index (χ1n) is 7.99. The van der Waals surface area contributed by atoms with Crippen LogP contribution in [0.2, 0.25) is 0 Å². The van der Waals surface area contributed by atoms with E-state index in [4.69, 9.17) is 0 Å². The number of imide groups is 1. The molecule has 2 saturated heterocycles. The fourth-order valence-electron chi connectivity index (χ4n) is 3.46. The summed E-state index contributed by atoms with van der Waals surface area (Å²) < 4.78 is 0. The molecule has 0 aliphatic carbocycles. The van der Waals surface area contributed by atoms with Crippen molar-refractivity contribution in [3.05, 3.63) is 36.0 Å². The van der Waals surface area contributed by atoms with E-state index in [2.05, 4.69) is 4.98 Å². The van der Waals surface area contributed by atoms with Crippen molar-refractivity contribution < 1.29 is 14.4 Å². The highest BCUT2D eigenvalue weighted by atomic mass is 32.2. The number of likely N-dealkylation sites (tertiary alicyclic amines) is 1. The number of nitrogens with one attached hydrogen (secondary N) is 1. The molecule has 24 heavy (non-hydrogen) atoms. The normalized spacial score (nSPS) is 19.5. The first-order valence-corrected chi connectivity index (χ1v) is 8.98. The number of hydrogen-bond acceptors (Lipinski definition) is 4. The fourth-order valence-corrected chi connectivity index (χ4v) is 4.24. The van der Waals surface area contributed by atoms with Gasteiger partial charge in [-0.25, -0.2) is 0 Å². The van der Waals surface area contributed by atoms with Gasteiger partial charge in [-0.2, -0.15) is 0 Å². The van der Waals surface area contributed by atoms with Gasteiger partial charge in [0.25, 0.3) is 11.1 Å². The highest BCUT2D eigenvalue weighted by molar-refractivity contribution is 8.14. The quantitative estimate of drug-likeness (QED) is 0.909. The van der Waals surface area contributed by atoms with E-state index in [1.165, 1.54) is 4.90 Å². The minimum atomic E-state index is -0.151. The molecule has 2 aliphatic rings. The molecule has 1 aromatic heterocycles. The van der Waals surface area contributed by atoms with E-state index in [1.54, 1.807) is 6.20 Å². The van der Waals surface area contributed by atoms with E-state index in [-0.39, 0.29) is 28.8 Å². The number of aromatic nitrogens is 1. The molecule has 1 N–H and O–H groups in total. The monoisotopic (exact) mass is 343 g/mol. The van der Waals surface area contributed by atoms with E-state index < -0.39 is 0 Å². The van der Waals surface area contributed by atoms with Crippen LogP contribution in [0.25, 0.3) is 10.9 Å². The van der Waals surface area contributed by atoms with Crippen LogP contribution in [0.1, 0.15) is 23.2 Å². The lowest BCUT2D eigenvalue weighted by Crippen LogP contribution is -2.48. The van der Waals surface area contributed by atoms with Gasteiger partial charge in [0.05, 0.1) is 11.3 Å². The summed E-state index contributed by atoms with van der Waals surface area (Å²) in [6.07, 6.45) is 3.04. The third-order valence-electron chi connectivity index (χ3n) is 4.72. The summed E-state index contributed by atoms with van der Waals surface area (Å²) in [4.78, 5) is 42.8. The molecule has 4 rings (SSSR count). The van der Waals surface area contributed by atoms with Gasteiger partial charge in [0, 0.05) is 36.2 Å². The number of para-hydroxylation sites is 1. The van der Waals surface area contributed by atoms with Gasteiger partial charge in [-0.15, -0.1) is 0 Å². The molecule has 0 spiro atoms. The van der Waals surface area contributed by atoms with Crippen LogP contribution in [0.15, 0.2) is 30.5 Å². The van der Waals surface area contributed by atoms with Gasteiger partial charge in [-0.05, 0) is 18.9 Å². The number of aromatic amines is 1. The average molecular weight is 343 g/mol. The topological polar surface area (TPSA) is 73.5 Å². The molecular formula is C17H17N3O3S. The summed E-state index contributed by atoms with van der Waals surface area (Å²) in [7, 11) is 0. The van der Waals surface area contributed by atoms with Crippen molar-refractivity contribution in [2.45, 2.75) is 18.9 Å². The van der Waals surface area contributed by atoms with Crippen LogP contribution >= 0.6 is 11.8 Å². The van der Waals surface area contributed by atoms with Crippen LogP contribution in [-0.4, -0.2) is 56.7 Å². The molecule has 0 radical (unpaired) electrons. The second-order valence-electron chi connectivity index (χ2n) is 6.09. The lowest BCUT2D eigenvalue weighted by molar-refractivity contribution is -0.126. The highest BCUT2D eigenvalue weighted by Crippen LogP contribution is 2.28. The smallest absolute Gasteiger partial charge is 0.289 e. The van der Waals surface area contributed by atoms with Gasteiger partial charge in [-0.1, -0.05) is 30.0 Å². The fraction of sp³-hybridized carbons (Fsp3) is 0.353. The van der Waals surface area contributed by atoms with Gasteiger partial charge < -0.3 is 9.88 Å². The van der Waals surface area contributed by atoms with E-state index in [0.717, 1.165) is 22.7 Å². The Morgan fingerprint density at radius 1 is 1.17 bits per heavy atom. The molecule has 2 aliphatic heterocycles. The SMILES string of the molecule is O=C(c1c[nH]c2ccccc12)N1CCC(N2C(=O)CSC2=O)CC1. The summed E-state index contributed by atoms with van der Waals surface area (Å²) in [5, 5.41) is 0.771. The number of thioether (sulfide) groups is 1. The third kappa shape index (κ3) is 2.49. The number of rotatable bonds is 2. The van der Waals surface area contributed by atoms with Crippen LogP contribution in [0.5, 0.6) is 0 Å². The zero-order valence-corrected chi connectivity index (χ0v) is 13.8. The molecule has 124 valence electrons. The standard InChI is InChI=1S/C17H17N3O3S/c21-15-10-24-17(23)20(15)11-5-7-19(8-6-11)16(22)13-9-18-14-4-2-1-3-12(13)14/h1-4,9,11,18H,5-8,10H2. The largest absolute Gasteiger partial charge is 0.360 e. The second kappa shape index (κ2) is 5.98. The van der Waals surface area contributed by atoms with Crippen molar-refractivity contribution in [3.63, 3.8) is 0 Å². The van der Waals surface area contributed by atoms with Crippen LogP contribution < -0.4 is 0 Å². The number of amides is 3. The number of carbonyl (C=O) groups is 3. The molecule has 0 bridgehead atoms. The summed E-state index contributed by atoms with van der Waals surface area (Å²) in [5.74, 6) is 0.138. The number of H-pyrrole nitrogens is 1. The number of hydrogen-bond donors (Lipinski definition) is 1. The number of fused-ring (bicyclic) bond motifs is 1. The maximum absolute atomic E-state index is 12.8. The molecule has 3 heterocycles. The zero-order chi connectivity index (χ0) is 16.7. The second-order valence-corrected chi connectivity index (χ2v) is 7.02. The molecular weight excluding hydrogens is 326 g/mol. The molecule has 2 aromatic rings. The molecule has 0 unspecified atom stereocenters. The Morgan fingerprint density at radius 3 is 2.62 bits per heavy atom. The zero-order valence-electron chi connectivity index (χ0n) is 13.0. The number of nitrogens with zero attached hydrogens (tertiary/aromatic N) is 2. The summed E-state index contributed by atoms with van der Waals surface area (Å²) >= 11 is 1.07. The van der Waals surface area contributed by atoms with E-state index in [9.17, 15) is 14.4 Å². The van der Waals surface area contributed by atoms with Crippen molar-refractivity contribution in [2.75, 3.05) is 18.8 Å². The van der Waals surface area contributed by atoms with Gasteiger partial charge in [-0.3, -0.25) is 19.3 Å². The van der Waals surface area contributed by atoms with Crippen molar-refractivity contribution in [2.24, 2.45) is 0 Å². The van der Waals surface area contributed by atoms with Crippen LogP contribution in [-0.2, 0) is 4.79 Å². The predicted molar refractivity (Wildman–Crippen MR) is 91.9 cm³/mol. The van der Waals surface area contributed by atoms with Crippen LogP contribution in [0.4, 0.5) is 4.79 Å². The molecule has 0 saturated carbocycles. The maximum atomic E-state index is 12.8. The Kier molecular flexibility index (Phi) is 3.80. The van der Waals surface area contributed by atoms with Gasteiger partial charge in [0.1, 0.15) is 0 Å². The minimum Gasteiger partial charge on any atom is -0.360 e. The molecule has 3 amide bonds. The third-order valence-corrected chi connectivity index (χ3v) is 5.56. The Balaban J connectivity index is 1.47. The number of carbonyl (C=O) groups excluding carboxylic acids is 3. The van der Waals surface area contributed by atoms with Crippen molar-refractivity contribution >= 4 is 39.7 Å².